The summed E-state index contributed by atoms with van der Waals surface area (Å²) in [6.45, 7) is 4.55. The highest BCUT2D eigenvalue weighted by atomic mass is 15.2. The van der Waals surface area contributed by atoms with Crippen molar-refractivity contribution in [1.29, 1.82) is 31.6 Å². The zero-order valence-electron chi connectivity index (χ0n) is 39.9. The summed E-state index contributed by atoms with van der Waals surface area (Å²) in [6.07, 6.45) is 13.3. The summed E-state index contributed by atoms with van der Waals surface area (Å²) >= 11 is 0. The second-order valence-corrected chi connectivity index (χ2v) is 18.8. The van der Waals surface area contributed by atoms with Gasteiger partial charge in [-0.3, -0.25) is 0 Å². The maximum absolute atomic E-state index is 9.90. The second-order valence-electron chi connectivity index (χ2n) is 18.8. The average molecular weight is 939 g/mol. The molecule has 0 radical (unpaired) electrons. The van der Waals surface area contributed by atoms with Crippen LogP contribution in [0, 0.1) is 73.9 Å². The number of nitrogens with zero attached hydrogens (tertiary/aromatic N) is 10. The topological polar surface area (TPSA) is 157 Å². The van der Waals surface area contributed by atoms with Gasteiger partial charge in [0, 0.05) is 67.3 Å². The normalized spacial score (nSPS) is 15.8. The fourth-order valence-corrected chi connectivity index (χ4v) is 10.6. The summed E-state index contributed by atoms with van der Waals surface area (Å²) in [7, 11) is 0. The summed E-state index contributed by atoms with van der Waals surface area (Å²) in [4.78, 5) is 6.63. The number of aromatic nitrogens is 1. The Balaban J connectivity index is 1.17. The Labute approximate surface area is 423 Å². The lowest BCUT2D eigenvalue weighted by atomic mass is 9.74. The molecular weight excluding hydrogens is 897 g/mol. The van der Waals surface area contributed by atoms with Crippen LogP contribution in [0.5, 0.6) is 0 Å². The first-order valence-electron chi connectivity index (χ1n) is 23.9. The van der Waals surface area contributed by atoms with Crippen molar-refractivity contribution < 1.29 is 0 Å². The molecule has 2 atom stereocenters. The number of hydrogen-bond donors (Lipinski definition) is 0. The molecule has 2 aliphatic carbocycles. The van der Waals surface area contributed by atoms with Gasteiger partial charge in [-0.15, -0.1) is 0 Å². The molecule has 0 amide bonds. The Morgan fingerprint density at radius 3 is 1.44 bits per heavy atom. The highest BCUT2D eigenvalue weighted by Crippen LogP contribution is 2.52. The Morgan fingerprint density at radius 1 is 0.479 bits per heavy atom. The van der Waals surface area contributed by atoms with E-state index in [2.05, 4.69) is 130 Å². The van der Waals surface area contributed by atoms with E-state index >= 15 is 0 Å². The molecule has 11 rings (SSSR count). The molecule has 73 heavy (non-hydrogen) atoms. The minimum atomic E-state index is -0.588. The van der Waals surface area contributed by atoms with Gasteiger partial charge in [-0.1, -0.05) is 38.2 Å². The third-order valence-electron chi connectivity index (χ3n) is 14.3. The van der Waals surface area contributed by atoms with E-state index in [0.29, 0.717) is 40.7 Å². The largest absolute Gasteiger partial charge is 0.334 e. The summed E-state index contributed by atoms with van der Waals surface area (Å²) < 4.78 is 2.38. The molecule has 0 spiro atoms. The van der Waals surface area contributed by atoms with E-state index in [1.54, 1.807) is 0 Å². The number of nitriles is 6. The van der Waals surface area contributed by atoms with Gasteiger partial charge < -0.3 is 19.3 Å². The lowest BCUT2D eigenvalue weighted by molar-refractivity contribution is 0.629. The van der Waals surface area contributed by atoms with Gasteiger partial charge in [0.25, 0.3) is 0 Å². The minimum Gasteiger partial charge on any atom is -0.334 e. The molecule has 8 aromatic rings. The third-order valence-corrected chi connectivity index (χ3v) is 14.3. The maximum Gasteiger partial charge on any atom is 0.0991 e. The molecule has 0 N–H and O–H groups in total. The van der Waals surface area contributed by atoms with Gasteiger partial charge in [0.15, 0.2) is 0 Å². The van der Waals surface area contributed by atoms with Crippen molar-refractivity contribution in [2.24, 2.45) is 5.92 Å². The molecular formula is C63H42N10. The summed E-state index contributed by atoms with van der Waals surface area (Å²) in [5, 5.41) is 60.7. The van der Waals surface area contributed by atoms with Crippen molar-refractivity contribution in [3.05, 3.63) is 227 Å². The number of allylic oxidation sites excluding steroid dienone is 5. The highest BCUT2D eigenvalue weighted by Gasteiger charge is 2.38. The van der Waals surface area contributed by atoms with Crippen LogP contribution in [0.15, 0.2) is 193 Å². The molecule has 344 valence electrons. The molecule has 10 heteroatoms. The first kappa shape index (κ1) is 45.1. The van der Waals surface area contributed by atoms with Gasteiger partial charge in [-0.05, 0) is 182 Å². The van der Waals surface area contributed by atoms with Crippen molar-refractivity contribution in [2.45, 2.75) is 38.1 Å². The first-order valence-corrected chi connectivity index (χ1v) is 23.9. The van der Waals surface area contributed by atoms with Gasteiger partial charge >= 0.3 is 0 Å². The van der Waals surface area contributed by atoms with Crippen LogP contribution in [-0.2, 0) is 5.41 Å². The molecule has 1 aromatic heterocycles. The number of fused-ring (bicyclic) bond motifs is 5. The number of hydrogen-bond acceptors (Lipinski definition) is 9. The number of rotatable bonds is 9. The molecule has 1 aliphatic heterocycles. The second kappa shape index (κ2) is 18.2. The monoisotopic (exact) mass is 938 g/mol. The van der Waals surface area contributed by atoms with Crippen molar-refractivity contribution in [1.82, 2.24) is 4.57 Å². The van der Waals surface area contributed by atoms with Gasteiger partial charge in [-0.2, -0.15) is 31.6 Å². The molecule has 0 saturated carbocycles. The summed E-state index contributed by atoms with van der Waals surface area (Å²) in [5.74, 6) is -0.231. The Morgan fingerprint density at radius 2 is 0.973 bits per heavy atom. The highest BCUT2D eigenvalue weighted by molar-refractivity contribution is 6.14. The van der Waals surface area contributed by atoms with Gasteiger partial charge in [0.05, 0.1) is 87.3 Å². The van der Waals surface area contributed by atoms with E-state index in [-0.39, 0.29) is 12.0 Å². The van der Waals surface area contributed by atoms with Crippen LogP contribution in [0.25, 0.3) is 27.5 Å². The standard InChI is InChI=1S/C63H42N10/c1-63(2)58-33-54(71(49-19-7-43(37-66)8-20-49)50-21-9-44(38-67)10-22-50)28-30-61(58)73-60-29-27-53(70(47-15-3-41(35-64)4-16-47)48-17-5-42(36-65)6-18-48)31-56(60)57-32-55(34-59(63)62(57)73)72(51-23-11-45(39-68)12-24-51)52-25-13-46(40-69)14-26-52/h3-13,15-23,25-34,46,51H,14,24H2,1-2H3. The maximum atomic E-state index is 9.90. The molecule has 0 fully saturated rings. The third kappa shape index (κ3) is 7.80. The van der Waals surface area contributed by atoms with Crippen LogP contribution in [0.1, 0.15) is 60.1 Å². The van der Waals surface area contributed by atoms with Crippen LogP contribution in [0.2, 0.25) is 0 Å². The van der Waals surface area contributed by atoms with Crippen LogP contribution in [0.4, 0.5) is 39.8 Å². The van der Waals surface area contributed by atoms with Crippen LogP contribution < -0.4 is 14.7 Å². The van der Waals surface area contributed by atoms with Crippen molar-refractivity contribution in [3.63, 3.8) is 0 Å². The zero-order chi connectivity index (χ0) is 50.4. The van der Waals surface area contributed by atoms with E-state index in [0.717, 1.165) is 84.1 Å². The van der Waals surface area contributed by atoms with E-state index in [9.17, 15) is 31.6 Å². The summed E-state index contributed by atoms with van der Waals surface area (Å²) in [5.41, 5.74) is 14.6. The molecule has 0 bridgehead atoms. The predicted octanol–water partition coefficient (Wildman–Crippen LogP) is 14.4. The molecule has 0 saturated heterocycles. The first-order chi connectivity index (χ1) is 35.6. The van der Waals surface area contributed by atoms with Crippen LogP contribution >= 0.6 is 0 Å². The Kier molecular flexibility index (Phi) is 11.2. The van der Waals surface area contributed by atoms with Crippen molar-refractivity contribution in [2.75, 3.05) is 14.7 Å². The predicted molar refractivity (Wildman–Crippen MR) is 286 cm³/mol. The van der Waals surface area contributed by atoms with E-state index in [1.165, 1.54) is 0 Å². The van der Waals surface area contributed by atoms with Gasteiger partial charge in [-0.25, -0.2) is 0 Å². The molecule has 7 aromatic carbocycles. The Hall–Kier alpha value is -10.4. The van der Waals surface area contributed by atoms with Crippen molar-refractivity contribution >= 4 is 61.6 Å². The minimum absolute atomic E-state index is 0.137. The fraction of sp³-hybridized carbons (Fsp3) is 0.111. The van der Waals surface area contributed by atoms with Crippen LogP contribution in [-0.4, -0.2) is 10.6 Å². The average Bonchev–Trinajstić information content (AvgIpc) is 3.78. The lowest BCUT2D eigenvalue weighted by Crippen LogP contribution is -2.35. The van der Waals surface area contributed by atoms with E-state index < -0.39 is 5.41 Å². The van der Waals surface area contributed by atoms with Gasteiger partial charge in [0.2, 0.25) is 0 Å². The van der Waals surface area contributed by atoms with E-state index in [4.69, 9.17) is 0 Å². The van der Waals surface area contributed by atoms with Gasteiger partial charge in [0.1, 0.15) is 0 Å². The SMILES string of the molecule is CC1(C)c2cc(N(c3ccc(C#N)cc3)c3ccc(C#N)cc3)ccc2-n2c3ccc(N(c4ccc(C#N)cc4)c4ccc(C#N)cc4)cc3c3cc(N(C4=CCC(C#N)C=C4)C4C=CC(C#N)=CC4)cc1c32. The molecule has 2 heterocycles. The fourth-order valence-electron chi connectivity index (χ4n) is 10.6. The lowest BCUT2D eigenvalue weighted by Gasteiger charge is -2.39. The Bertz CT molecular complexity index is 3840. The van der Waals surface area contributed by atoms with E-state index in [1.807, 2.05) is 121 Å². The van der Waals surface area contributed by atoms with Crippen molar-refractivity contribution in [3.8, 4) is 42.1 Å². The zero-order valence-corrected chi connectivity index (χ0v) is 39.9. The number of benzene rings is 7. The number of anilines is 7. The quantitative estimate of drug-likeness (QED) is 0.137. The van der Waals surface area contributed by atoms with Crippen LogP contribution in [0.3, 0.4) is 0 Å². The summed E-state index contributed by atoms with van der Waals surface area (Å²) in [6, 6.07) is 61.3. The smallest absolute Gasteiger partial charge is 0.0991 e. The molecule has 10 nitrogen and oxygen atoms in total. The molecule has 3 aliphatic rings. The molecule has 2 unspecified atom stereocenters.